The van der Waals surface area contributed by atoms with Crippen LogP contribution in [0.5, 0.6) is 0 Å². The van der Waals surface area contributed by atoms with Crippen molar-refractivity contribution in [3.05, 3.63) is 0 Å². The van der Waals surface area contributed by atoms with Crippen molar-refractivity contribution < 1.29 is 57.8 Å². The Bertz CT molecular complexity index is 801. The normalized spacial score (nSPS) is 29.7. The van der Waals surface area contributed by atoms with Crippen molar-refractivity contribution in [3.63, 3.8) is 0 Å². The zero-order chi connectivity index (χ0) is 17.7. The zero-order valence-corrected chi connectivity index (χ0v) is 17.2. The number of hydrogen-bond acceptors (Lipinski definition) is 10. The number of nitrogens with zero attached hydrogens (tertiary/aromatic N) is 5. The predicted octanol–water partition coefficient (Wildman–Crippen LogP) is -6.37. The topological polar surface area (TPSA) is 158 Å². The summed E-state index contributed by atoms with van der Waals surface area (Å²) in [6.45, 7) is 1.21. The largest absolute Gasteiger partial charge is 1.00 e. The van der Waals surface area contributed by atoms with Crippen LogP contribution in [0.15, 0.2) is 5.16 Å². The molecule has 0 unspecified atom stereocenters. The second-order valence-corrected chi connectivity index (χ2v) is 9.25. The average molecular weight is 399 g/mol. The van der Waals surface area contributed by atoms with E-state index in [1.807, 2.05) is 0 Å². The molecular formula is C11H14N5NaO6S2. The molecule has 0 bridgehead atoms. The SMILES string of the molecule is C[C@]1(CSc2nnnn2CCO)[C@H](C(=O)[O-])N2C(=O)C[C@@H]2S1(=O)=O.[Na+]. The van der Waals surface area contributed by atoms with Gasteiger partial charge in [0.15, 0.2) is 9.84 Å². The van der Waals surface area contributed by atoms with Gasteiger partial charge < -0.3 is 19.9 Å². The first kappa shape index (κ1) is 20.6. The maximum Gasteiger partial charge on any atom is 1.00 e. The maximum atomic E-state index is 12.7. The van der Waals surface area contributed by atoms with Gasteiger partial charge in [-0.1, -0.05) is 11.8 Å². The Morgan fingerprint density at radius 2 is 2.20 bits per heavy atom. The molecule has 14 heteroatoms. The van der Waals surface area contributed by atoms with Gasteiger partial charge in [-0.05, 0) is 17.4 Å². The number of carbonyl (C=O) groups is 2. The zero-order valence-electron chi connectivity index (χ0n) is 13.5. The van der Waals surface area contributed by atoms with E-state index >= 15 is 0 Å². The standard InChI is InChI=1S/C11H15N5O6S2.Na/c1-11(5-23-10-12-13-14-15(10)2-3-17)8(9(19)20)16-6(18)4-7(16)24(11,21)22;/h7-8,17H,2-5H2,1H3,(H,19,20);/q;+1/p-1/t7-,8-,11-;/m0./s1. The number of β-lactam (4-membered cyclic amide) rings is 1. The summed E-state index contributed by atoms with van der Waals surface area (Å²) in [6.07, 6.45) is -0.214. The average Bonchev–Trinajstić information content (AvgIpc) is 2.99. The molecule has 132 valence electrons. The third-order valence-corrected chi connectivity index (χ3v) is 8.59. The minimum atomic E-state index is -3.90. The molecule has 1 N–H and O–H groups in total. The molecule has 0 aliphatic carbocycles. The fourth-order valence-corrected chi connectivity index (χ4v) is 6.82. The number of carboxylic acid groups (broad SMARTS) is 1. The molecule has 2 saturated heterocycles. The van der Waals surface area contributed by atoms with Gasteiger partial charge in [-0.2, -0.15) is 0 Å². The smallest absolute Gasteiger partial charge is 0.548 e. The fourth-order valence-electron chi connectivity index (χ4n) is 3.00. The number of sulfone groups is 1. The van der Waals surface area contributed by atoms with Gasteiger partial charge >= 0.3 is 29.6 Å². The van der Waals surface area contributed by atoms with E-state index in [2.05, 4.69) is 15.5 Å². The molecule has 0 spiro atoms. The van der Waals surface area contributed by atoms with Gasteiger partial charge in [0.05, 0.1) is 31.6 Å². The first-order valence-corrected chi connectivity index (χ1v) is 9.52. The number of amides is 1. The maximum absolute atomic E-state index is 12.7. The first-order valence-electron chi connectivity index (χ1n) is 6.99. The molecule has 2 aliphatic heterocycles. The number of aromatic nitrogens is 4. The summed E-state index contributed by atoms with van der Waals surface area (Å²) in [5.74, 6) is -2.29. The number of aliphatic hydroxyl groups is 1. The number of hydrogen-bond donors (Lipinski definition) is 1. The quantitative estimate of drug-likeness (QED) is 0.277. The molecule has 0 aromatic carbocycles. The van der Waals surface area contributed by atoms with E-state index in [0.29, 0.717) is 0 Å². The molecular weight excluding hydrogens is 385 g/mol. The van der Waals surface area contributed by atoms with Gasteiger partial charge in [0.2, 0.25) is 11.1 Å². The number of fused-ring (bicyclic) bond motifs is 1. The molecule has 0 radical (unpaired) electrons. The molecule has 1 aromatic heterocycles. The molecule has 0 saturated carbocycles. The van der Waals surface area contributed by atoms with Crippen LogP contribution in [0.3, 0.4) is 0 Å². The Balaban J connectivity index is 0.00000225. The molecule has 25 heavy (non-hydrogen) atoms. The summed E-state index contributed by atoms with van der Waals surface area (Å²) in [5, 5.41) is 30.4. The minimum Gasteiger partial charge on any atom is -0.548 e. The van der Waals surface area contributed by atoms with Crippen molar-refractivity contribution in [1.82, 2.24) is 25.1 Å². The number of rotatable bonds is 6. The molecule has 1 aromatic rings. The first-order chi connectivity index (χ1) is 11.2. The number of carbonyl (C=O) groups excluding carboxylic acids is 2. The van der Waals surface area contributed by atoms with Gasteiger partial charge in [0.25, 0.3) is 0 Å². The monoisotopic (exact) mass is 399 g/mol. The molecule has 2 fully saturated rings. The Labute approximate surface area is 169 Å². The van der Waals surface area contributed by atoms with Gasteiger partial charge in [0, 0.05) is 5.75 Å². The van der Waals surface area contributed by atoms with E-state index in [9.17, 15) is 23.1 Å². The van der Waals surface area contributed by atoms with Crippen molar-refractivity contribution >= 4 is 33.5 Å². The van der Waals surface area contributed by atoms with Gasteiger partial charge in [0.1, 0.15) is 10.1 Å². The fraction of sp³-hybridized carbons (Fsp3) is 0.727. The van der Waals surface area contributed by atoms with Crippen LogP contribution in [0.25, 0.3) is 0 Å². The third kappa shape index (κ3) is 3.00. The molecule has 11 nitrogen and oxygen atoms in total. The van der Waals surface area contributed by atoms with Crippen molar-refractivity contribution in [2.24, 2.45) is 0 Å². The number of tetrazole rings is 1. The van der Waals surface area contributed by atoms with E-state index in [1.165, 1.54) is 11.6 Å². The van der Waals surface area contributed by atoms with Crippen LogP contribution < -0.4 is 34.7 Å². The van der Waals surface area contributed by atoms with Crippen LogP contribution in [0.2, 0.25) is 0 Å². The van der Waals surface area contributed by atoms with Gasteiger partial charge in [-0.25, -0.2) is 13.1 Å². The van der Waals surface area contributed by atoms with E-state index in [-0.39, 0.29) is 60.0 Å². The molecule has 3 heterocycles. The second-order valence-electron chi connectivity index (χ2n) is 5.74. The van der Waals surface area contributed by atoms with Crippen molar-refractivity contribution in [2.75, 3.05) is 12.4 Å². The summed E-state index contributed by atoms with van der Waals surface area (Å²) in [7, 11) is -3.90. The van der Waals surface area contributed by atoms with Crippen LogP contribution in [-0.4, -0.2) is 79.0 Å². The van der Waals surface area contributed by atoms with Crippen LogP contribution in [0.1, 0.15) is 13.3 Å². The second kappa shape index (κ2) is 7.12. The summed E-state index contributed by atoms with van der Waals surface area (Å²) in [6, 6.07) is -1.55. The summed E-state index contributed by atoms with van der Waals surface area (Å²) in [5.41, 5.74) is 0. The van der Waals surface area contributed by atoms with Gasteiger partial charge in [-0.3, -0.25) is 4.79 Å². The van der Waals surface area contributed by atoms with Crippen LogP contribution in [0, 0.1) is 0 Å². The van der Waals surface area contributed by atoms with Crippen LogP contribution in [0.4, 0.5) is 0 Å². The van der Waals surface area contributed by atoms with Crippen molar-refractivity contribution in [3.8, 4) is 0 Å². The number of thioether (sulfide) groups is 1. The molecule has 3 rings (SSSR count). The van der Waals surface area contributed by atoms with Crippen LogP contribution in [-0.2, 0) is 26.0 Å². The van der Waals surface area contributed by atoms with Crippen LogP contribution >= 0.6 is 11.8 Å². The van der Waals surface area contributed by atoms with E-state index in [1.54, 1.807) is 0 Å². The number of aliphatic carboxylic acids is 1. The molecule has 2 aliphatic rings. The minimum absolute atomic E-state index is 0. The Morgan fingerprint density at radius 1 is 1.52 bits per heavy atom. The third-order valence-electron chi connectivity index (χ3n) is 4.33. The van der Waals surface area contributed by atoms with E-state index < -0.39 is 37.9 Å². The van der Waals surface area contributed by atoms with Crippen molar-refractivity contribution in [1.29, 1.82) is 0 Å². The Hall–Kier alpha value is -0.730. The number of aliphatic hydroxyl groups excluding tert-OH is 1. The molecule has 1 amide bonds. The van der Waals surface area contributed by atoms with Gasteiger partial charge in [-0.15, -0.1) is 5.10 Å². The number of carboxylic acids is 1. The molecule has 3 atom stereocenters. The Kier molecular flexibility index (Phi) is 5.86. The van der Waals surface area contributed by atoms with E-state index in [0.717, 1.165) is 16.7 Å². The summed E-state index contributed by atoms with van der Waals surface area (Å²) >= 11 is 0.954. The summed E-state index contributed by atoms with van der Waals surface area (Å²) < 4.78 is 25.0. The predicted molar refractivity (Wildman–Crippen MR) is 77.0 cm³/mol. The van der Waals surface area contributed by atoms with E-state index in [4.69, 9.17) is 5.11 Å². The van der Waals surface area contributed by atoms with Crippen molar-refractivity contribution in [2.45, 2.75) is 41.2 Å². The Morgan fingerprint density at radius 3 is 2.76 bits per heavy atom. The summed E-state index contributed by atoms with van der Waals surface area (Å²) in [4.78, 5) is 24.1.